The molecule has 0 atom stereocenters. The summed E-state index contributed by atoms with van der Waals surface area (Å²) in [6, 6.07) is 0. The van der Waals surface area contributed by atoms with E-state index in [4.69, 9.17) is 5.73 Å². The van der Waals surface area contributed by atoms with Crippen molar-refractivity contribution in [2.75, 3.05) is 29.6 Å². The van der Waals surface area contributed by atoms with Gasteiger partial charge in [0.2, 0.25) is 0 Å². The maximum atomic E-state index is 5.74. The molecule has 0 aromatic carbocycles. The second kappa shape index (κ2) is 5.34. The zero-order chi connectivity index (χ0) is 9.68. The van der Waals surface area contributed by atoms with Gasteiger partial charge in [-0.2, -0.15) is 11.8 Å². The van der Waals surface area contributed by atoms with Crippen LogP contribution < -0.4 is 11.1 Å². The molecule has 1 heterocycles. The van der Waals surface area contributed by atoms with Gasteiger partial charge in [-0.15, -0.1) is 0 Å². The van der Waals surface area contributed by atoms with Gasteiger partial charge in [0.1, 0.15) is 0 Å². The minimum absolute atomic E-state index is 0.676. The molecule has 0 fully saturated rings. The van der Waals surface area contributed by atoms with Gasteiger partial charge in [0.05, 0.1) is 22.0 Å². The van der Waals surface area contributed by atoms with Crippen LogP contribution in [-0.4, -0.2) is 23.5 Å². The molecular formula is C8H12BrN3S. The highest BCUT2D eigenvalue weighted by molar-refractivity contribution is 9.10. The first-order chi connectivity index (χ1) is 6.25. The summed E-state index contributed by atoms with van der Waals surface area (Å²) in [5.74, 6) is 1.06. The Labute approximate surface area is 90.6 Å². The van der Waals surface area contributed by atoms with Crippen LogP contribution in [0.2, 0.25) is 0 Å². The van der Waals surface area contributed by atoms with Crippen molar-refractivity contribution in [3.8, 4) is 0 Å². The second-order valence-corrected chi connectivity index (χ2v) is 4.35. The number of halogens is 1. The van der Waals surface area contributed by atoms with E-state index in [1.54, 1.807) is 24.2 Å². The molecule has 0 saturated carbocycles. The van der Waals surface area contributed by atoms with Gasteiger partial charge in [-0.25, -0.2) is 0 Å². The highest BCUT2D eigenvalue weighted by Gasteiger charge is 2.02. The molecule has 0 saturated heterocycles. The van der Waals surface area contributed by atoms with Gasteiger partial charge in [-0.1, -0.05) is 0 Å². The average Bonchev–Trinajstić information content (AvgIpc) is 2.10. The highest BCUT2D eigenvalue weighted by Crippen LogP contribution is 2.26. The lowest BCUT2D eigenvalue weighted by atomic mass is 10.3. The summed E-state index contributed by atoms with van der Waals surface area (Å²) < 4.78 is 0.911. The molecule has 5 heteroatoms. The lowest BCUT2D eigenvalue weighted by Gasteiger charge is -2.09. The molecule has 3 nitrogen and oxygen atoms in total. The Balaban J connectivity index is 2.64. The van der Waals surface area contributed by atoms with E-state index in [9.17, 15) is 0 Å². The first-order valence-electron chi connectivity index (χ1n) is 3.87. The predicted molar refractivity (Wildman–Crippen MR) is 63.2 cm³/mol. The molecule has 0 aliphatic rings. The minimum Gasteiger partial charge on any atom is -0.396 e. The molecule has 3 N–H and O–H groups in total. The number of anilines is 2. The Morgan fingerprint density at radius 3 is 3.00 bits per heavy atom. The molecule has 0 unspecified atom stereocenters. The molecule has 13 heavy (non-hydrogen) atoms. The number of hydrogen-bond acceptors (Lipinski definition) is 4. The quantitative estimate of drug-likeness (QED) is 0.817. The number of pyridine rings is 1. The Hall–Kier alpha value is -0.420. The third-order valence-electron chi connectivity index (χ3n) is 1.54. The fraction of sp³-hybridized carbons (Fsp3) is 0.375. The van der Waals surface area contributed by atoms with Crippen molar-refractivity contribution in [2.45, 2.75) is 0 Å². The number of hydrogen-bond donors (Lipinski definition) is 2. The average molecular weight is 262 g/mol. The summed E-state index contributed by atoms with van der Waals surface area (Å²) in [7, 11) is 0. The van der Waals surface area contributed by atoms with Gasteiger partial charge in [-0.3, -0.25) is 4.98 Å². The van der Waals surface area contributed by atoms with Crippen molar-refractivity contribution in [1.29, 1.82) is 0 Å². The normalized spacial score (nSPS) is 10.0. The van der Waals surface area contributed by atoms with Gasteiger partial charge < -0.3 is 11.1 Å². The number of nitrogen functional groups attached to an aromatic ring is 1. The largest absolute Gasteiger partial charge is 0.396 e. The number of nitrogens with two attached hydrogens (primary N) is 1. The predicted octanol–water partition coefficient (Wildman–Crippen LogP) is 2.20. The van der Waals surface area contributed by atoms with E-state index in [0.717, 1.165) is 22.5 Å². The van der Waals surface area contributed by atoms with E-state index in [1.165, 1.54) is 0 Å². The first kappa shape index (κ1) is 10.7. The van der Waals surface area contributed by atoms with Crippen LogP contribution in [-0.2, 0) is 0 Å². The highest BCUT2D eigenvalue weighted by atomic mass is 79.9. The molecule has 1 aromatic rings. The van der Waals surface area contributed by atoms with E-state index in [1.807, 2.05) is 0 Å². The van der Waals surface area contributed by atoms with Crippen LogP contribution in [0.15, 0.2) is 16.9 Å². The van der Waals surface area contributed by atoms with Crippen LogP contribution in [0, 0.1) is 0 Å². The monoisotopic (exact) mass is 261 g/mol. The minimum atomic E-state index is 0.676. The molecule has 0 amide bonds. The van der Waals surface area contributed by atoms with Gasteiger partial charge in [0.15, 0.2) is 0 Å². The third kappa shape index (κ3) is 3.08. The van der Waals surface area contributed by atoms with Crippen LogP contribution in [0.4, 0.5) is 11.4 Å². The molecule has 0 aliphatic carbocycles. The topological polar surface area (TPSA) is 50.9 Å². The second-order valence-electron chi connectivity index (χ2n) is 2.51. The number of rotatable bonds is 4. The van der Waals surface area contributed by atoms with E-state index in [0.29, 0.717) is 5.69 Å². The van der Waals surface area contributed by atoms with E-state index in [-0.39, 0.29) is 0 Å². The Morgan fingerprint density at radius 1 is 1.62 bits per heavy atom. The zero-order valence-electron chi connectivity index (χ0n) is 7.38. The van der Waals surface area contributed by atoms with Crippen molar-refractivity contribution in [2.24, 2.45) is 0 Å². The number of nitrogens with one attached hydrogen (secondary N) is 1. The van der Waals surface area contributed by atoms with Crippen molar-refractivity contribution < 1.29 is 0 Å². The lowest BCUT2D eigenvalue weighted by Crippen LogP contribution is -2.07. The number of aromatic nitrogens is 1. The van der Waals surface area contributed by atoms with Gasteiger partial charge in [-0.05, 0) is 22.2 Å². The van der Waals surface area contributed by atoms with Gasteiger partial charge in [0, 0.05) is 18.5 Å². The number of thioether (sulfide) groups is 1. The smallest absolute Gasteiger partial charge is 0.0750 e. The summed E-state index contributed by atoms with van der Waals surface area (Å²) in [5.41, 5.74) is 7.35. The van der Waals surface area contributed by atoms with Crippen molar-refractivity contribution in [1.82, 2.24) is 4.98 Å². The Bertz CT molecular complexity index is 260. The molecule has 0 aliphatic heterocycles. The Morgan fingerprint density at radius 2 is 2.38 bits per heavy atom. The van der Waals surface area contributed by atoms with E-state index >= 15 is 0 Å². The molecule has 1 rings (SSSR count). The van der Waals surface area contributed by atoms with Crippen LogP contribution in [0.5, 0.6) is 0 Å². The van der Waals surface area contributed by atoms with E-state index < -0.39 is 0 Å². The SMILES string of the molecule is CSCCNc1c(N)cncc1Br. The number of nitrogens with zero attached hydrogens (tertiary/aromatic N) is 1. The van der Waals surface area contributed by atoms with Crippen molar-refractivity contribution in [3.05, 3.63) is 16.9 Å². The maximum absolute atomic E-state index is 5.74. The fourth-order valence-electron chi connectivity index (χ4n) is 0.915. The standard InChI is InChI=1S/C8H12BrN3S/c1-13-3-2-12-8-6(9)4-11-5-7(8)10/h4-5H,2-3,10H2,1H3,(H,11,12). The maximum Gasteiger partial charge on any atom is 0.0750 e. The van der Waals surface area contributed by atoms with Crippen molar-refractivity contribution >= 4 is 39.1 Å². The van der Waals surface area contributed by atoms with Crippen LogP contribution in [0.3, 0.4) is 0 Å². The molecular weight excluding hydrogens is 250 g/mol. The summed E-state index contributed by atoms with van der Waals surface area (Å²) in [4.78, 5) is 3.96. The molecule has 1 aromatic heterocycles. The van der Waals surface area contributed by atoms with Crippen molar-refractivity contribution in [3.63, 3.8) is 0 Å². The first-order valence-corrected chi connectivity index (χ1v) is 6.06. The van der Waals surface area contributed by atoms with Crippen LogP contribution in [0.1, 0.15) is 0 Å². The summed E-state index contributed by atoms with van der Waals surface area (Å²) in [5, 5.41) is 3.25. The summed E-state index contributed by atoms with van der Waals surface area (Å²) in [6.45, 7) is 0.911. The van der Waals surface area contributed by atoms with E-state index in [2.05, 4.69) is 32.5 Å². The molecule has 0 radical (unpaired) electrons. The fourth-order valence-corrected chi connectivity index (χ4v) is 1.71. The Kier molecular flexibility index (Phi) is 4.38. The van der Waals surface area contributed by atoms with Crippen LogP contribution in [0.25, 0.3) is 0 Å². The molecule has 72 valence electrons. The van der Waals surface area contributed by atoms with Gasteiger partial charge in [0.25, 0.3) is 0 Å². The third-order valence-corrected chi connectivity index (χ3v) is 2.75. The molecule has 0 bridgehead atoms. The zero-order valence-corrected chi connectivity index (χ0v) is 9.78. The van der Waals surface area contributed by atoms with Gasteiger partial charge >= 0.3 is 0 Å². The molecule has 0 spiro atoms. The summed E-state index contributed by atoms with van der Waals surface area (Å²) in [6.07, 6.45) is 5.45. The lowest BCUT2D eigenvalue weighted by molar-refractivity contribution is 1.21. The summed E-state index contributed by atoms with van der Waals surface area (Å²) >= 11 is 5.19. The van der Waals surface area contributed by atoms with Crippen LogP contribution >= 0.6 is 27.7 Å².